The standard InChI is InChI=1S/C21H27Cl2N3O3S/c1-15(2)26(14-16-6-5-7-17(22)12-16)11-10-21(27)24-20-13-18(8-9-19(20)23)30(28,29)25(3)4/h5-9,12-13,15H,10-11,14H2,1-4H3,(H,24,27). The number of carbonyl (C=O) groups excluding carboxylic acids is 1. The van der Waals surface area contributed by atoms with Gasteiger partial charge >= 0.3 is 0 Å². The second kappa shape index (κ2) is 10.6. The smallest absolute Gasteiger partial charge is 0.242 e. The van der Waals surface area contributed by atoms with Crippen molar-refractivity contribution in [2.75, 3.05) is 26.0 Å². The minimum absolute atomic E-state index is 0.0666. The zero-order valence-electron chi connectivity index (χ0n) is 17.5. The van der Waals surface area contributed by atoms with E-state index in [0.717, 1.165) is 9.87 Å². The lowest BCUT2D eigenvalue weighted by molar-refractivity contribution is -0.116. The van der Waals surface area contributed by atoms with E-state index in [-0.39, 0.29) is 34.0 Å². The molecule has 0 aliphatic rings. The summed E-state index contributed by atoms with van der Waals surface area (Å²) in [5.41, 5.74) is 1.34. The number of halogens is 2. The van der Waals surface area contributed by atoms with Crippen molar-refractivity contribution >= 4 is 44.8 Å². The predicted octanol–water partition coefficient (Wildman–Crippen LogP) is 4.48. The Morgan fingerprint density at radius 3 is 2.40 bits per heavy atom. The van der Waals surface area contributed by atoms with Gasteiger partial charge < -0.3 is 5.32 Å². The van der Waals surface area contributed by atoms with Crippen LogP contribution in [0.2, 0.25) is 10.0 Å². The maximum atomic E-state index is 12.5. The zero-order valence-corrected chi connectivity index (χ0v) is 19.9. The molecule has 2 aromatic carbocycles. The van der Waals surface area contributed by atoms with Crippen LogP contribution in [0.4, 0.5) is 5.69 Å². The van der Waals surface area contributed by atoms with E-state index < -0.39 is 10.0 Å². The van der Waals surface area contributed by atoms with Crippen molar-refractivity contribution in [2.45, 2.75) is 37.8 Å². The first-order chi connectivity index (χ1) is 14.0. The van der Waals surface area contributed by atoms with Gasteiger partial charge in [0.25, 0.3) is 0 Å². The lowest BCUT2D eigenvalue weighted by atomic mass is 10.1. The maximum Gasteiger partial charge on any atom is 0.242 e. The highest BCUT2D eigenvalue weighted by atomic mass is 35.5. The number of nitrogens with zero attached hydrogens (tertiary/aromatic N) is 2. The number of amides is 1. The van der Waals surface area contributed by atoms with Crippen molar-refractivity contribution in [3.63, 3.8) is 0 Å². The molecule has 164 valence electrons. The van der Waals surface area contributed by atoms with Gasteiger partial charge in [0.05, 0.1) is 15.6 Å². The highest BCUT2D eigenvalue weighted by Gasteiger charge is 2.19. The molecule has 0 aromatic heterocycles. The SMILES string of the molecule is CC(C)N(CCC(=O)Nc1cc(S(=O)(=O)N(C)C)ccc1Cl)Cc1cccc(Cl)c1. The fourth-order valence-electron chi connectivity index (χ4n) is 2.82. The summed E-state index contributed by atoms with van der Waals surface area (Å²) in [4.78, 5) is 14.7. The predicted molar refractivity (Wildman–Crippen MR) is 123 cm³/mol. The first-order valence-electron chi connectivity index (χ1n) is 9.51. The molecule has 0 saturated heterocycles. The second-order valence-corrected chi connectivity index (χ2v) is 10.4. The summed E-state index contributed by atoms with van der Waals surface area (Å²) in [6, 6.07) is 12.1. The Morgan fingerprint density at radius 1 is 1.10 bits per heavy atom. The number of hydrogen-bond donors (Lipinski definition) is 1. The monoisotopic (exact) mass is 471 g/mol. The first kappa shape index (κ1) is 24.6. The van der Waals surface area contributed by atoms with E-state index in [2.05, 4.69) is 24.1 Å². The van der Waals surface area contributed by atoms with Crippen molar-refractivity contribution in [2.24, 2.45) is 0 Å². The van der Waals surface area contributed by atoms with Crippen LogP contribution in [0, 0.1) is 0 Å². The first-order valence-corrected chi connectivity index (χ1v) is 11.7. The van der Waals surface area contributed by atoms with Gasteiger partial charge in [0.15, 0.2) is 0 Å². The molecule has 0 aliphatic carbocycles. The largest absolute Gasteiger partial charge is 0.325 e. The summed E-state index contributed by atoms with van der Waals surface area (Å²) < 4.78 is 25.8. The number of benzene rings is 2. The maximum absolute atomic E-state index is 12.5. The van der Waals surface area contributed by atoms with Crippen LogP contribution in [-0.4, -0.2) is 50.2 Å². The lowest BCUT2D eigenvalue weighted by Gasteiger charge is -2.26. The molecule has 0 spiro atoms. The molecule has 0 fully saturated rings. The van der Waals surface area contributed by atoms with Crippen LogP contribution >= 0.6 is 23.2 Å². The molecule has 2 aromatic rings. The van der Waals surface area contributed by atoms with Crippen LogP contribution in [0.1, 0.15) is 25.8 Å². The molecule has 6 nitrogen and oxygen atoms in total. The molecule has 2 rings (SSSR count). The molecule has 0 saturated carbocycles. The van der Waals surface area contributed by atoms with Gasteiger partial charge in [-0.25, -0.2) is 12.7 Å². The van der Waals surface area contributed by atoms with Gasteiger partial charge in [-0.2, -0.15) is 0 Å². The Hall–Kier alpha value is -1.64. The van der Waals surface area contributed by atoms with E-state index in [1.807, 2.05) is 24.3 Å². The van der Waals surface area contributed by atoms with Gasteiger partial charge in [0.2, 0.25) is 15.9 Å². The van der Waals surface area contributed by atoms with Crippen LogP contribution < -0.4 is 5.32 Å². The van der Waals surface area contributed by atoms with E-state index >= 15 is 0 Å². The molecular weight excluding hydrogens is 445 g/mol. The molecule has 1 N–H and O–H groups in total. The normalized spacial score (nSPS) is 12.0. The average Bonchev–Trinajstić information content (AvgIpc) is 2.66. The number of hydrogen-bond acceptors (Lipinski definition) is 4. The van der Waals surface area contributed by atoms with Crippen LogP contribution in [0.15, 0.2) is 47.4 Å². The van der Waals surface area contributed by atoms with Crippen molar-refractivity contribution in [3.8, 4) is 0 Å². The summed E-state index contributed by atoms with van der Waals surface area (Å²) >= 11 is 12.2. The Morgan fingerprint density at radius 2 is 1.80 bits per heavy atom. The fourth-order valence-corrected chi connectivity index (χ4v) is 4.13. The molecule has 0 heterocycles. The van der Waals surface area contributed by atoms with Gasteiger partial charge in [-0.05, 0) is 49.7 Å². The van der Waals surface area contributed by atoms with Crippen molar-refractivity contribution in [3.05, 3.63) is 58.1 Å². The minimum Gasteiger partial charge on any atom is -0.325 e. The molecular formula is C21H27Cl2N3O3S. The third-order valence-electron chi connectivity index (χ3n) is 4.62. The Kier molecular flexibility index (Phi) is 8.70. The number of anilines is 1. The average molecular weight is 472 g/mol. The zero-order chi connectivity index (χ0) is 22.5. The number of nitrogens with one attached hydrogen (secondary N) is 1. The number of rotatable bonds is 9. The molecule has 1 amide bonds. The number of carbonyl (C=O) groups is 1. The molecule has 0 aliphatic heterocycles. The summed E-state index contributed by atoms with van der Waals surface area (Å²) in [6.07, 6.45) is 0.236. The molecule has 30 heavy (non-hydrogen) atoms. The highest BCUT2D eigenvalue weighted by molar-refractivity contribution is 7.89. The van der Waals surface area contributed by atoms with Crippen LogP contribution in [0.25, 0.3) is 0 Å². The molecule has 0 bridgehead atoms. The van der Waals surface area contributed by atoms with E-state index in [0.29, 0.717) is 18.1 Å². The van der Waals surface area contributed by atoms with E-state index in [1.54, 1.807) is 0 Å². The van der Waals surface area contributed by atoms with Crippen LogP contribution in [-0.2, 0) is 21.4 Å². The second-order valence-electron chi connectivity index (χ2n) is 7.42. The van der Waals surface area contributed by atoms with E-state index in [4.69, 9.17) is 23.2 Å². The van der Waals surface area contributed by atoms with Crippen molar-refractivity contribution < 1.29 is 13.2 Å². The third kappa shape index (κ3) is 6.68. The van der Waals surface area contributed by atoms with Crippen LogP contribution in [0.5, 0.6) is 0 Å². The Labute approximate surface area is 188 Å². The number of sulfonamides is 1. The summed E-state index contributed by atoms with van der Waals surface area (Å²) in [7, 11) is -0.729. The molecule has 0 radical (unpaired) electrons. The summed E-state index contributed by atoms with van der Waals surface area (Å²) in [5, 5.41) is 3.68. The molecule has 0 unspecified atom stereocenters. The topological polar surface area (TPSA) is 69.7 Å². The Balaban J connectivity index is 2.05. The minimum atomic E-state index is -3.62. The molecule has 9 heteroatoms. The van der Waals surface area contributed by atoms with Crippen LogP contribution in [0.3, 0.4) is 0 Å². The van der Waals surface area contributed by atoms with Gasteiger partial charge in [-0.1, -0.05) is 35.3 Å². The van der Waals surface area contributed by atoms with Crippen molar-refractivity contribution in [1.82, 2.24) is 9.21 Å². The van der Waals surface area contributed by atoms with E-state index in [9.17, 15) is 13.2 Å². The molecule has 0 atom stereocenters. The van der Waals surface area contributed by atoms with Gasteiger partial charge in [-0.3, -0.25) is 9.69 Å². The third-order valence-corrected chi connectivity index (χ3v) is 7.00. The summed E-state index contributed by atoms with van der Waals surface area (Å²) in [5.74, 6) is -0.243. The summed E-state index contributed by atoms with van der Waals surface area (Å²) in [6.45, 7) is 5.33. The Bertz CT molecular complexity index is 995. The van der Waals surface area contributed by atoms with E-state index in [1.165, 1.54) is 32.3 Å². The van der Waals surface area contributed by atoms with Gasteiger partial charge in [0.1, 0.15) is 0 Å². The quantitative estimate of drug-likeness (QED) is 0.584. The van der Waals surface area contributed by atoms with Gasteiger partial charge in [-0.15, -0.1) is 0 Å². The highest BCUT2D eigenvalue weighted by Crippen LogP contribution is 2.26. The van der Waals surface area contributed by atoms with Gasteiger partial charge in [0, 0.05) is 44.7 Å². The lowest BCUT2D eigenvalue weighted by Crippen LogP contribution is -2.33. The fraction of sp³-hybridized carbons (Fsp3) is 0.381. The van der Waals surface area contributed by atoms with Crippen molar-refractivity contribution in [1.29, 1.82) is 0 Å².